The topological polar surface area (TPSA) is 74.0 Å². The third-order valence-electron chi connectivity index (χ3n) is 4.15. The molecule has 2 rings (SSSR count). The van der Waals surface area contributed by atoms with Gasteiger partial charge < -0.3 is 24.8 Å². The van der Waals surface area contributed by atoms with E-state index in [1.165, 1.54) is 0 Å². The molecule has 1 heterocycles. The molecule has 1 amide bonds. The van der Waals surface area contributed by atoms with E-state index in [0.29, 0.717) is 13.1 Å². The zero-order chi connectivity index (χ0) is 17.9. The van der Waals surface area contributed by atoms with Crippen LogP contribution in [0.25, 0.3) is 0 Å². The molecule has 0 radical (unpaired) electrons. The molecule has 24 heavy (non-hydrogen) atoms. The van der Waals surface area contributed by atoms with Crippen LogP contribution in [0.4, 0.5) is 4.79 Å². The lowest BCUT2D eigenvalue weighted by Gasteiger charge is -2.38. The van der Waals surface area contributed by atoms with Gasteiger partial charge in [0.1, 0.15) is 17.1 Å². The lowest BCUT2D eigenvalue weighted by atomic mass is 9.85. The second-order valence-electron chi connectivity index (χ2n) is 7.09. The molecule has 0 unspecified atom stereocenters. The number of carbonyl (C=O) groups excluding carboxylic acids is 1. The van der Waals surface area contributed by atoms with Gasteiger partial charge in [-0.15, -0.1) is 0 Å². The van der Waals surface area contributed by atoms with Crippen molar-refractivity contribution in [3.8, 4) is 11.5 Å². The van der Waals surface area contributed by atoms with Gasteiger partial charge in [-0.1, -0.05) is 0 Å². The van der Waals surface area contributed by atoms with Crippen LogP contribution in [0, 0.1) is 0 Å². The first-order valence-electron chi connectivity index (χ1n) is 8.20. The number of hydrogen-bond donors (Lipinski definition) is 1. The number of rotatable bonds is 3. The Labute approximate surface area is 143 Å². The number of nitrogens with zero attached hydrogens (tertiary/aromatic N) is 1. The number of amides is 1. The molecular formula is C18H28N2O4. The Morgan fingerprint density at radius 3 is 2.50 bits per heavy atom. The zero-order valence-corrected chi connectivity index (χ0v) is 15.2. The molecule has 0 saturated carbocycles. The molecule has 1 aliphatic heterocycles. The maximum Gasteiger partial charge on any atom is 0.410 e. The van der Waals surface area contributed by atoms with E-state index in [9.17, 15) is 4.79 Å². The Hall–Kier alpha value is -1.95. The molecule has 0 bridgehead atoms. The monoisotopic (exact) mass is 336 g/mol. The highest BCUT2D eigenvalue weighted by atomic mass is 16.6. The molecule has 1 aliphatic rings. The van der Waals surface area contributed by atoms with Crippen LogP contribution in [0.2, 0.25) is 0 Å². The normalized spacial score (nSPS) is 21.3. The van der Waals surface area contributed by atoms with E-state index in [1.54, 1.807) is 19.1 Å². The van der Waals surface area contributed by atoms with Gasteiger partial charge in [0, 0.05) is 30.6 Å². The summed E-state index contributed by atoms with van der Waals surface area (Å²) in [5.41, 5.74) is 6.89. The molecule has 2 atom stereocenters. The lowest BCUT2D eigenvalue weighted by Crippen LogP contribution is -2.50. The van der Waals surface area contributed by atoms with E-state index in [-0.39, 0.29) is 18.1 Å². The maximum absolute atomic E-state index is 12.2. The minimum atomic E-state index is -0.506. The second kappa shape index (κ2) is 7.30. The van der Waals surface area contributed by atoms with Crippen molar-refractivity contribution in [1.29, 1.82) is 0 Å². The lowest BCUT2D eigenvalue weighted by molar-refractivity contribution is 0.0186. The number of piperidine rings is 1. The van der Waals surface area contributed by atoms with Crippen molar-refractivity contribution in [3.05, 3.63) is 23.8 Å². The SMILES string of the molecule is COc1ccc(OC)c([C@H]2CCN(C(=O)OC(C)(C)C)C[C@@H]2N)c1. The Morgan fingerprint density at radius 2 is 1.96 bits per heavy atom. The fourth-order valence-corrected chi connectivity index (χ4v) is 2.99. The van der Waals surface area contributed by atoms with Crippen molar-refractivity contribution < 1.29 is 19.0 Å². The maximum atomic E-state index is 12.2. The van der Waals surface area contributed by atoms with Gasteiger partial charge in [0.15, 0.2) is 0 Å². The van der Waals surface area contributed by atoms with Crippen molar-refractivity contribution in [2.24, 2.45) is 5.73 Å². The smallest absolute Gasteiger partial charge is 0.410 e. The van der Waals surface area contributed by atoms with E-state index in [0.717, 1.165) is 23.5 Å². The highest BCUT2D eigenvalue weighted by molar-refractivity contribution is 5.68. The van der Waals surface area contributed by atoms with Crippen molar-refractivity contribution in [3.63, 3.8) is 0 Å². The highest BCUT2D eigenvalue weighted by Gasteiger charge is 2.33. The number of ether oxygens (including phenoxy) is 3. The summed E-state index contributed by atoms with van der Waals surface area (Å²) in [6, 6.07) is 5.53. The molecule has 6 heteroatoms. The van der Waals surface area contributed by atoms with Crippen LogP contribution in [-0.2, 0) is 4.74 Å². The zero-order valence-electron chi connectivity index (χ0n) is 15.2. The van der Waals surface area contributed by atoms with Crippen LogP contribution < -0.4 is 15.2 Å². The van der Waals surface area contributed by atoms with E-state index in [2.05, 4.69) is 0 Å². The van der Waals surface area contributed by atoms with Gasteiger partial charge >= 0.3 is 6.09 Å². The van der Waals surface area contributed by atoms with Gasteiger partial charge in [-0.05, 0) is 45.4 Å². The van der Waals surface area contributed by atoms with Gasteiger partial charge in [-0.25, -0.2) is 4.79 Å². The number of benzene rings is 1. The number of methoxy groups -OCH3 is 2. The Bertz CT molecular complexity index is 583. The van der Waals surface area contributed by atoms with Crippen LogP contribution in [-0.4, -0.2) is 49.9 Å². The molecule has 1 saturated heterocycles. The van der Waals surface area contributed by atoms with Crippen LogP contribution in [0.5, 0.6) is 11.5 Å². The van der Waals surface area contributed by atoms with Gasteiger partial charge in [0.25, 0.3) is 0 Å². The van der Waals surface area contributed by atoms with Crippen molar-refractivity contribution in [1.82, 2.24) is 4.90 Å². The van der Waals surface area contributed by atoms with E-state index in [4.69, 9.17) is 19.9 Å². The third kappa shape index (κ3) is 4.32. The minimum Gasteiger partial charge on any atom is -0.497 e. The number of carbonyl (C=O) groups is 1. The first-order valence-corrected chi connectivity index (χ1v) is 8.20. The van der Waals surface area contributed by atoms with Crippen molar-refractivity contribution >= 4 is 6.09 Å². The average Bonchev–Trinajstić information content (AvgIpc) is 2.52. The van der Waals surface area contributed by atoms with Crippen LogP contribution in [0.3, 0.4) is 0 Å². The van der Waals surface area contributed by atoms with Crippen LogP contribution in [0.1, 0.15) is 38.7 Å². The molecule has 0 aliphatic carbocycles. The first-order chi connectivity index (χ1) is 11.2. The second-order valence-corrected chi connectivity index (χ2v) is 7.09. The number of hydrogen-bond acceptors (Lipinski definition) is 5. The summed E-state index contributed by atoms with van der Waals surface area (Å²) in [5, 5.41) is 0. The molecule has 0 spiro atoms. The summed E-state index contributed by atoms with van der Waals surface area (Å²) < 4.78 is 16.2. The summed E-state index contributed by atoms with van der Waals surface area (Å²) in [4.78, 5) is 13.9. The molecule has 134 valence electrons. The molecule has 1 aromatic carbocycles. The summed E-state index contributed by atoms with van der Waals surface area (Å²) >= 11 is 0. The van der Waals surface area contributed by atoms with Gasteiger partial charge in [-0.3, -0.25) is 0 Å². The minimum absolute atomic E-state index is 0.105. The van der Waals surface area contributed by atoms with Crippen LogP contribution >= 0.6 is 0 Å². The number of nitrogens with two attached hydrogens (primary N) is 1. The summed E-state index contributed by atoms with van der Waals surface area (Å²) in [6.45, 7) is 6.64. The summed E-state index contributed by atoms with van der Waals surface area (Å²) in [7, 11) is 3.28. The van der Waals surface area contributed by atoms with Gasteiger partial charge in [-0.2, -0.15) is 0 Å². The quantitative estimate of drug-likeness (QED) is 0.919. The Balaban J connectivity index is 2.13. The summed E-state index contributed by atoms with van der Waals surface area (Å²) in [5.74, 6) is 1.67. The van der Waals surface area contributed by atoms with E-state index < -0.39 is 5.60 Å². The predicted molar refractivity (Wildman–Crippen MR) is 92.7 cm³/mol. The molecule has 1 fully saturated rings. The Morgan fingerprint density at radius 1 is 1.25 bits per heavy atom. The molecule has 1 aromatic rings. The molecule has 6 nitrogen and oxygen atoms in total. The van der Waals surface area contributed by atoms with Crippen LogP contribution in [0.15, 0.2) is 18.2 Å². The fourth-order valence-electron chi connectivity index (χ4n) is 2.99. The van der Waals surface area contributed by atoms with Gasteiger partial charge in [0.2, 0.25) is 0 Å². The molecule has 2 N–H and O–H groups in total. The third-order valence-corrected chi connectivity index (χ3v) is 4.15. The van der Waals surface area contributed by atoms with E-state index >= 15 is 0 Å². The van der Waals surface area contributed by atoms with E-state index in [1.807, 2.05) is 39.0 Å². The largest absolute Gasteiger partial charge is 0.497 e. The van der Waals surface area contributed by atoms with Crippen molar-refractivity contribution in [2.45, 2.75) is 44.8 Å². The summed E-state index contributed by atoms with van der Waals surface area (Å²) in [6.07, 6.45) is 0.443. The van der Waals surface area contributed by atoms with Gasteiger partial charge in [0.05, 0.1) is 14.2 Å². The Kier molecular flexibility index (Phi) is 5.59. The number of likely N-dealkylation sites (tertiary alicyclic amines) is 1. The highest BCUT2D eigenvalue weighted by Crippen LogP contribution is 2.36. The average molecular weight is 336 g/mol. The van der Waals surface area contributed by atoms with Crippen molar-refractivity contribution in [2.75, 3.05) is 27.3 Å². The molecular weight excluding hydrogens is 308 g/mol. The standard InChI is InChI=1S/C18H28N2O4/c1-18(2,3)24-17(21)20-9-8-13(15(19)11-20)14-10-12(22-4)6-7-16(14)23-5/h6-7,10,13,15H,8-9,11,19H2,1-5H3/t13-,15+/m1/s1. The molecule has 0 aromatic heterocycles. The first kappa shape index (κ1) is 18.4. The predicted octanol–water partition coefficient (Wildman–Crippen LogP) is 2.76. The fraction of sp³-hybridized carbons (Fsp3) is 0.611.